The molecule has 0 fully saturated rings. The predicted octanol–water partition coefficient (Wildman–Crippen LogP) is 5.56. The molecule has 208 valence electrons. The van der Waals surface area contributed by atoms with Gasteiger partial charge in [-0.05, 0) is 111 Å². The van der Waals surface area contributed by atoms with Crippen molar-refractivity contribution in [3.05, 3.63) is 113 Å². The highest BCUT2D eigenvalue weighted by atomic mass is 32.2. The number of rotatable bonds is 9. The van der Waals surface area contributed by atoms with Crippen molar-refractivity contribution in [1.82, 2.24) is 0 Å². The van der Waals surface area contributed by atoms with Crippen LogP contribution in [-0.2, 0) is 24.8 Å². The van der Waals surface area contributed by atoms with Gasteiger partial charge in [0.25, 0.3) is 20.0 Å². The molecular formula is C30H31N3O5S2. The van der Waals surface area contributed by atoms with Gasteiger partial charge in [0.05, 0.1) is 15.5 Å². The molecule has 10 heteroatoms. The molecule has 0 bridgehead atoms. The van der Waals surface area contributed by atoms with Crippen molar-refractivity contribution >= 4 is 43.0 Å². The van der Waals surface area contributed by atoms with Gasteiger partial charge in [-0.3, -0.25) is 13.8 Å². The smallest absolute Gasteiger partial charge is 0.264 e. The number of carbonyl (C=O) groups excluding carboxylic acids is 1. The number of nitrogens with one attached hydrogen (secondary N) is 2. The van der Waals surface area contributed by atoms with E-state index in [1.165, 1.54) is 36.4 Å². The van der Waals surface area contributed by atoms with Crippen molar-refractivity contribution in [2.45, 2.75) is 37.5 Å². The van der Waals surface area contributed by atoms with Gasteiger partial charge in [-0.2, -0.15) is 0 Å². The van der Waals surface area contributed by atoms with Crippen LogP contribution in [-0.4, -0.2) is 29.3 Å². The number of aryl methyl sites for hydroxylation is 4. The Morgan fingerprint density at radius 1 is 0.650 bits per heavy atom. The summed E-state index contributed by atoms with van der Waals surface area (Å²) in [7, 11) is -7.90. The molecule has 0 saturated heterocycles. The number of benzene rings is 4. The van der Waals surface area contributed by atoms with Crippen molar-refractivity contribution in [3.8, 4) is 0 Å². The van der Waals surface area contributed by atoms with E-state index in [4.69, 9.17) is 0 Å². The van der Waals surface area contributed by atoms with Crippen LogP contribution in [0.25, 0.3) is 0 Å². The maximum atomic E-state index is 13.5. The number of nitrogens with zero attached hydrogens (tertiary/aromatic N) is 1. The van der Waals surface area contributed by atoms with Crippen LogP contribution in [0.5, 0.6) is 0 Å². The highest BCUT2D eigenvalue weighted by Gasteiger charge is 2.27. The molecule has 40 heavy (non-hydrogen) atoms. The highest BCUT2D eigenvalue weighted by Crippen LogP contribution is 2.26. The van der Waals surface area contributed by atoms with Gasteiger partial charge >= 0.3 is 0 Å². The van der Waals surface area contributed by atoms with Crippen LogP contribution in [0.3, 0.4) is 0 Å². The molecule has 4 rings (SSSR count). The normalized spacial score (nSPS) is 11.6. The zero-order valence-electron chi connectivity index (χ0n) is 22.7. The van der Waals surface area contributed by atoms with Gasteiger partial charge in [-0.1, -0.05) is 30.3 Å². The van der Waals surface area contributed by atoms with E-state index < -0.39 is 32.5 Å². The molecule has 0 radical (unpaired) electrons. The first-order valence-corrected chi connectivity index (χ1v) is 15.4. The molecule has 4 aromatic rings. The first-order valence-electron chi connectivity index (χ1n) is 12.5. The Balaban J connectivity index is 1.53. The first kappa shape index (κ1) is 28.8. The molecule has 0 aliphatic carbocycles. The third kappa shape index (κ3) is 6.52. The van der Waals surface area contributed by atoms with Crippen LogP contribution in [0, 0.1) is 27.7 Å². The number of hydrogen-bond donors (Lipinski definition) is 2. The van der Waals surface area contributed by atoms with E-state index in [0.29, 0.717) is 17.1 Å². The van der Waals surface area contributed by atoms with Crippen LogP contribution in [0.4, 0.5) is 17.1 Å². The SMILES string of the molecule is Cc1ccc(NS(=O)(=O)c2ccc(NC(=O)CN(c3ccc(C)c(C)c3)S(=O)(=O)c3ccccc3)cc2)cc1C. The minimum atomic E-state index is -4.05. The molecule has 1 amide bonds. The zero-order chi connectivity index (χ0) is 29.1. The van der Waals surface area contributed by atoms with Crippen LogP contribution in [0.2, 0.25) is 0 Å². The summed E-state index contributed by atoms with van der Waals surface area (Å²) in [6.07, 6.45) is 0. The first-order chi connectivity index (χ1) is 18.9. The van der Waals surface area contributed by atoms with Crippen LogP contribution in [0.15, 0.2) is 101 Å². The highest BCUT2D eigenvalue weighted by molar-refractivity contribution is 7.93. The Kier molecular flexibility index (Phi) is 8.32. The van der Waals surface area contributed by atoms with Gasteiger partial charge in [0.1, 0.15) is 6.54 Å². The van der Waals surface area contributed by atoms with Crippen LogP contribution in [0.1, 0.15) is 22.3 Å². The largest absolute Gasteiger partial charge is 0.325 e. The Labute approximate surface area is 235 Å². The molecule has 0 heterocycles. The topological polar surface area (TPSA) is 113 Å². The second-order valence-corrected chi connectivity index (χ2v) is 13.1. The summed E-state index contributed by atoms with van der Waals surface area (Å²) in [6, 6.07) is 24.1. The van der Waals surface area contributed by atoms with Crippen molar-refractivity contribution < 1.29 is 21.6 Å². The summed E-state index contributed by atoms with van der Waals surface area (Å²) in [4.78, 5) is 13.1. The second kappa shape index (κ2) is 11.5. The Bertz CT molecular complexity index is 1750. The Hall–Kier alpha value is -4.15. The van der Waals surface area contributed by atoms with E-state index >= 15 is 0 Å². The number of carbonyl (C=O) groups is 1. The molecule has 0 atom stereocenters. The van der Waals surface area contributed by atoms with E-state index in [0.717, 1.165) is 26.6 Å². The van der Waals surface area contributed by atoms with Gasteiger partial charge in [0, 0.05) is 11.4 Å². The number of hydrogen-bond acceptors (Lipinski definition) is 5. The number of amides is 1. The lowest BCUT2D eigenvalue weighted by atomic mass is 10.1. The molecule has 0 aliphatic rings. The van der Waals surface area contributed by atoms with Crippen molar-refractivity contribution in [1.29, 1.82) is 0 Å². The predicted molar refractivity (Wildman–Crippen MR) is 159 cm³/mol. The second-order valence-electron chi connectivity index (χ2n) is 9.57. The lowest BCUT2D eigenvalue weighted by Crippen LogP contribution is -2.38. The Morgan fingerprint density at radius 3 is 1.82 bits per heavy atom. The summed E-state index contributed by atoms with van der Waals surface area (Å²) in [6.45, 7) is 7.16. The summed E-state index contributed by atoms with van der Waals surface area (Å²) in [5.41, 5.74) is 5.03. The van der Waals surface area contributed by atoms with Crippen molar-refractivity contribution in [3.63, 3.8) is 0 Å². The quantitative estimate of drug-likeness (QED) is 0.271. The molecule has 0 unspecified atom stereocenters. The zero-order valence-corrected chi connectivity index (χ0v) is 24.3. The summed E-state index contributed by atoms with van der Waals surface area (Å²) in [5.74, 6) is -0.582. The molecule has 0 aliphatic heterocycles. The molecule has 0 spiro atoms. The van der Waals surface area contributed by atoms with Gasteiger partial charge in [-0.15, -0.1) is 0 Å². The third-order valence-corrected chi connectivity index (χ3v) is 9.79. The van der Waals surface area contributed by atoms with E-state index in [1.54, 1.807) is 48.5 Å². The molecule has 8 nitrogen and oxygen atoms in total. The summed E-state index contributed by atoms with van der Waals surface area (Å²) in [5, 5.41) is 2.67. The van der Waals surface area contributed by atoms with Crippen LogP contribution >= 0.6 is 0 Å². The lowest BCUT2D eigenvalue weighted by Gasteiger charge is -2.25. The van der Waals surface area contributed by atoms with Gasteiger partial charge in [0.2, 0.25) is 5.91 Å². The van der Waals surface area contributed by atoms with E-state index in [9.17, 15) is 21.6 Å². The van der Waals surface area contributed by atoms with E-state index in [-0.39, 0.29) is 9.79 Å². The number of sulfonamides is 2. The maximum Gasteiger partial charge on any atom is 0.264 e. The standard InChI is InChI=1S/C30H31N3O5S2/c1-21-10-12-26(18-23(21)3)32-39(35,36)28-16-13-25(14-17-28)31-30(34)20-33(27-15-11-22(2)24(4)19-27)40(37,38)29-8-6-5-7-9-29/h5-19,32H,20H2,1-4H3,(H,31,34). The lowest BCUT2D eigenvalue weighted by molar-refractivity contribution is -0.114. The average molecular weight is 578 g/mol. The van der Waals surface area contributed by atoms with Gasteiger partial charge in [-0.25, -0.2) is 16.8 Å². The molecule has 4 aromatic carbocycles. The van der Waals surface area contributed by atoms with E-state index in [1.807, 2.05) is 33.8 Å². The maximum absolute atomic E-state index is 13.5. The van der Waals surface area contributed by atoms with Gasteiger partial charge in [0.15, 0.2) is 0 Å². The fourth-order valence-electron chi connectivity index (χ4n) is 3.98. The third-order valence-electron chi connectivity index (χ3n) is 6.60. The van der Waals surface area contributed by atoms with Gasteiger partial charge < -0.3 is 5.32 Å². The fraction of sp³-hybridized carbons (Fsp3) is 0.167. The summed E-state index contributed by atoms with van der Waals surface area (Å²) < 4.78 is 56.4. The molecule has 0 saturated carbocycles. The monoisotopic (exact) mass is 577 g/mol. The molecule has 0 aromatic heterocycles. The van der Waals surface area contributed by atoms with Crippen molar-refractivity contribution in [2.75, 3.05) is 20.9 Å². The van der Waals surface area contributed by atoms with Crippen LogP contribution < -0.4 is 14.3 Å². The Morgan fingerprint density at radius 2 is 1.23 bits per heavy atom. The average Bonchev–Trinajstić information content (AvgIpc) is 2.91. The minimum Gasteiger partial charge on any atom is -0.325 e. The summed E-state index contributed by atoms with van der Waals surface area (Å²) >= 11 is 0. The van der Waals surface area contributed by atoms with Crippen molar-refractivity contribution in [2.24, 2.45) is 0 Å². The minimum absolute atomic E-state index is 0.0205. The van der Waals surface area contributed by atoms with E-state index in [2.05, 4.69) is 10.0 Å². The molecular weight excluding hydrogens is 546 g/mol. The fourth-order valence-corrected chi connectivity index (χ4v) is 6.47. The number of anilines is 3. The molecule has 2 N–H and O–H groups in total.